The van der Waals surface area contributed by atoms with Crippen LogP contribution in [-0.2, 0) is 6.18 Å². The first-order chi connectivity index (χ1) is 8.91. The van der Waals surface area contributed by atoms with E-state index in [-0.39, 0.29) is 12.6 Å². The second kappa shape index (κ2) is 5.19. The molecule has 6 heteroatoms. The van der Waals surface area contributed by atoms with E-state index in [1.807, 2.05) is 6.07 Å². The summed E-state index contributed by atoms with van der Waals surface area (Å²) >= 11 is 0. The molecule has 0 radical (unpaired) electrons. The highest BCUT2D eigenvalue weighted by atomic mass is 19.4. The summed E-state index contributed by atoms with van der Waals surface area (Å²) < 4.78 is 38.0. The minimum atomic E-state index is -4.38. The number of aliphatic hydroxyl groups excluding tert-OH is 1. The summed E-state index contributed by atoms with van der Waals surface area (Å²) in [6, 6.07) is 6.69. The van der Waals surface area contributed by atoms with Crippen LogP contribution >= 0.6 is 0 Å². The Hall–Kier alpha value is -1.58. The SMILES string of the molecule is N#CCN1C[C@H](O)C[C@H]1c1cccc(C(F)(F)F)c1. The third kappa shape index (κ3) is 3.06. The fraction of sp³-hybridized carbons (Fsp3) is 0.462. The molecule has 1 heterocycles. The molecule has 1 saturated heterocycles. The fourth-order valence-corrected chi connectivity index (χ4v) is 2.41. The third-order valence-electron chi connectivity index (χ3n) is 3.25. The van der Waals surface area contributed by atoms with Gasteiger partial charge in [0.25, 0.3) is 0 Å². The summed E-state index contributed by atoms with van der Waals surface area (Å²) in [5.74, 6) is 0. The van der Waals surface area contributed by atoms with Gasteiger partial charge in [0.05, 0.1) is 24.3 Å². The third-order valence-corrected chi connectivity index (χ3v) is 3.25. The Morgan fingerprint density at radius 3 is 2.79 bits per heavy atom. The predicted molar refractivity (Wildman–Crippen MR) is 62.0 cm³/mol. The van der Waals surface area contributed by atoms with Crippen LogP contribution in [0.25, 0.3) is 0 Å². The summed E-state index contributed by atoms with van der Waals surface area (Å²) in [6.45, 7) is 0.409. The zero-order chi connectivity index (χ0) is 14.0. The van der Waals surface area contributed by atoms with E-state index in [1.54, 1.807) is 11.0 Å². The number of likely N-dealkylation sites (tertiary alicyclic amines) is 1. The van der Waals surface area contributed by atoms with E-state index >= 15 is 0 Å². The monoisotopic (exact) mass is 270 g/mol. The highest BCUT2D eigenvalue weighted by Crippen LogP contribution is 2.35. The van der Waals surface area contributed by atoms with E-state index < -0.39 is 17.8 Å². The highest BCUT2D eigenvalue weighted by Gasteiger charge is 2.34. The topological polar surface area (TPSA) is 47.3 Å². The van der Waals surface area contributed by atoms with Crippen molar-refractivity contribution in [2.75, 3.05) is 13.1 Å². The Balaban J connectivity index is 2.28. The lowest BCUT2D eigenvalue weighted by atomic mass is 10.0. The van der Waals surface area contributed by atoms with Crippen LogP contribution in [0.2, 0.25) is 0 Å². The van der Waals surface area contributed by atoms with Crippen molar-refractivity contribution in [3.63, 3.8) is 0 Å². The maximum atomic E-state index is 12.7. The second-order valence-corrected chi connectivity index (χ2v) is 4.62. The van der Waals surface area contributed by atoms with Gasteiger partial charge in [-0.25, -0.2) is 0 Å². The Morgan fingerprint density at radius 2 is 2.16 bits per heavy atom. The minimum Gasteiger partial charge on any atom is -0.392 e. The Labute approximate surface area is 108 Å². The molecule has 0 unspecified atom stereocenters. The van der Waals surface area contributed by atoms with Crippen molar-refractivity contribution in [2.24, 2.45) is 0 Å². The molecule has 2 atom stereocenters. The molecular formula is C13H13F3N2O. The molecule has 0 bridgehead atoms. The van der Waals surface area contributed by atoms with Gasteiger partial charge in [-0.2, -0.15) is 18.4 Å². The number of alkyl halides is 3. The summed E-state index contributed by atoms with van der Waals surface area (Å²) in [4.78, 5) is 1.69. The van der Waals surface area contributed by atoms with Crippen molar-refractivity contribution in [1.29, 1.82) is 5.26 Å². The number of hydrogen-bond donors (Lipinski definition) is 1. The van der Waals surface area contributed by atoms with Crippen LogP contribution in [-0.4, -0.2) is 29.2 Å². The van der Waals surface area contributed by atoms with Crippen molar-refractivity contribution >= 4 is 0 Å². The first-order valence-corrected chi connectivity index (χ1v) is 5.88. The molecule has 0 aliphatic carbocycles. The van der Waals surface area contributed by atoms with Gasteiger partial charge in [-0.3, -0.25) is 4.90 Å². The zero-order valence-electron chi connectivity index (χ0n) is 10.1. The van der Waals surface area contributed by atoms with Gasteiger partial charge in [0, 0.05) is 12.6 Å². The van der Waals surface area contributed by atoms with Gasteiger partial charge in [-0.05, 0) is 24.1 Å². The lowest BCUT2D eigenvalue weighted by molar-refractivity contribution is -0.137. The van der Waals surface area contributed by atoms with Crippen molar-refractivity contribution < 1.29 is 18.3 Å². The normalized spacial score (nSPS) is 24.4. The highest BCUT2D eigenvalue weighted by molar-refractivity contribution is 5.29. The molecule has 1 aliphatic heterocycles. The first kappa shape index (κ1) is 13.8. The number of benzene rings is 1. The lowest BCUT2D eigenvalue weighted by Crippen LogP contribution is -2.25. The zero-order valence-corrected chi connectivity index (χ0v) is 10.1. The Morgan fingerprint density at radius 1 is 1.42 bits per heavy atom. The number of nitrogens with zero attached hydrogens (tertiary/aromatic N) is 2. The molecule has 102 valence electrons. The van der Waals surface area contributed by atoms with Gasteiger partial charge in [-0.1, -0.05) is 12.1 Å². The van der Waals surface area contributed by atoms with Crippen LogP contribution in [0.3, 0.4) is 0 Å². The van der Waals surface area contributed by atoms with Crippen LogP contribution < -0.4 is 0 Å². The number of nitriles is 1. The van der Waals surface area contributed by atoms with E-state index in [4.69, 9.17) is 5.26 Å². The van der Waals surface area contributed by atoms with Crippen molar-refractivity contribution in [3.05, 3.63) is 35.4 Å². The number of β-amino-alcohol motifs (C(OH)–C–C–N with tert-alkyl or cyclic N) is 1. The molecule has 1 aromatic carbocycles. The molecule has 1 aromatic rings. The van der Waals surface area contributed by atoms with Gasteiger partial charge in [0.2, 0.25) is 0 Å². The molecule has 2 rings (SSSR count). The molecule has 1 aliphatic rings. The number of hydrogen-bond acceptors (Lipinski definition) is 3. The summed E-state index contributed by atoms with van der Waals surface area (Å²) in [6.07, 6.45) is -4.64. The van der Waals surface area contributed by atoms with E-state index in [0.717, 1.165) is 12.1 Å². The smallest absolute Gasteiger partial charge is 0.392 e. The van der Waals surface area contributed by atoms with Crippen LogP contribution in [0.4, 0.5) is 13.2 Å². The van der Waals surface area contributed by atoms with E-state index in [0.29, 0.717) is 18.5 Å². The second-order valence-electron chi connectivity index (χ2n) is 4.62. The molecule has 3 nitrogen and oxygen atoms in total. The number of rotatable bonds is 2. The van der Waals surface area contributed by atoms with E-state index in [9.17, 15) is 18.3 Å². The summed E-state index contributed by atoms with van der Waals surface area (Å²) in [5.41, 5.74) is -0.218. The number of aliphatic hydroxyl groups is 1. The molecule has 1 fully saturated rings. The molecule has 0 amide bonds. The molecule has 1 N–H and O–H groups in total. The van der Waals surface area contributed by atoms with Gasteiger partial charge in [0.1, 0.15) is 0 Å². The standard InChI is InChI=1S/C13H13F3N2O/c14-13(15,16)10-3-1-2-9(6-10)12-7-11(19)8-18(12)5-4-17/h1-3,6,11-12,19H,5,7-8H2/t11-,12+/m1/s1. The number of halogens is 3. The Kier molecular flexibility index (Phi) is 3.78. The molecule has 0 spiro atoms. The first-order valence-electron chi connectivity index (χ1n) is 5.88. The van der Waals surface area contributed by atoms with Gasteiger partial charge in [-0.15, -0.1) is 0 Å². The van der Waals surface area contributed by atoms with Gasteiger partial charge >= 0.3 is 6.18 Å². The average Bonchev–Trinajstić information content (AvgIpc) is 2.70. The van der Waals surface area contributed by atoms with Crippen LogP contribution in [0, 0.1) is 11.3 Å². The van der Waals surface area contributed by atoms with Crippen molar-refractivity contribution in [1.82, 2.24) is 4.90 Å². The largest absolute Gasteiger partial charge is 0.416 e. The van der Waals surface area contributed by atoms with E-state index in [1.165, 1.54) is 6.07 Å². The predicted octanol–water partition coefficient (Wildman–Crippen LogP) is 2.34. The van der Waals surface area contributed by atoms with Crippen molar-refractivity contribution in [3.8, 4) is 6.07 Å². The molecule has 0 aromatic heterocycles. The Bertz CT molecular complexity index is 495. The van der Waals surface area contributed by atoms with Gasteiger partial charge in [0.15, 0.2) is 0 Å². The van der Waals surface area contributed by atoms with Crippen molar-refractivity contribution in [2.45, 2.75) is 24.7 Å². The van der Waals surface area contributed by atoms with Crippen LogP contribution in [0.5, 0.6) is 0 Å². The van der Waals surface area contributed by atoms with Crippen LogP contribution in [0.1, 0.15) is 23.6 Å². The average molecular weight is 270 g/mol. The fourth-order valence-electron chi connectivity index (χ4n) is 2.41. The maximum absolute atomic E-state index is 12.7. The quantitative estimate of drug-likeness (QED) is 0.839. The van der Waals surface area contributed by atoms with Gasteiger partial charge < -0.3 is 5.11 Å². The molecular weight excluding hydrogens is 257 g/mol. The maximum Gasteiger partial charge on any atom is 0.416 e. The molecule has 0 saturated carbocycles. The molecule has 19 heavy (non-hydrogen) atoms. The van der Waals surface area contributed by atoms with Crippen LogP contribution in [0.15, 0.2) is 24.3 Å². The lowest BCUT2D eigenvalue weighted by Gasteiger charge is -2.22. The summed E-state index contributed by atoms with van der Waals surface area (Å²) in [5, 5.41) is 18.3. The van der Waals surface area contributed by atoms with E-state index in [2.05, 4.69) is 0 Å². The summed E-state index contributed by atoms with van der Waals surface area (Å²) in [7, 11) is 0. The minimum absolute atomic E-state index is 0.0952.